The molecule has 1 saturated heterocycles. The number of pyridine rings is 1. The van der Waals surface area contributed by atoms with E-state index in [2.05, 4.69) is 14.6 Å². The van der Waals surface area contributed by atoms with Crippen LogP contribution in [0.5, 0.6) is 0 Å². The first-order chi connectivity index (χ1) is 13.6. The Morgan fingerprint density at radius 1 is 1.21 bits per heavy atom. The highest BCUT2D eigenvalue weighted by atomic mass is 32.2. The molecule has 1 fully saturated rings. The third-order valence-electron chi connectivity index (χ3n) is 4.47. The standard InChI is InChI=1S/C20H18BN3O3S/c21-13-5-6-16-15(11-13)19(23-17-4-2-1-3-14(17)20(25)26)18(12-22-16)28-24-7-9-27-10-8-24/h1-6,11-12H,7-10H2,(H,22,23)(H,25,26). The zero-order valence-corrected chi connectivity index (χ0v) is 15.9. The van der Waals surface area contributed by atoms with Gasteiger partial charge in [0.15, 0.2) is 0 Å². The Morgan fingerprint density at radius 3 is 2.79 bits per heavy atom. The Balaban J connectivity index is 1.80. The van der Waals surface area contributed by atoms with Crippen molar-refractivity contribution in [1.29, 1.82) is 0 Å². The Bertz CT molecular complexity index is 1020. The second-order valence-corrected chi connectivity index (χ2v) is 7.52. The monoisotopic (exact) mass is 391 g/mol. The molecule has 0 amide bonds. The van der Waals surface area contributed by atoms with Gasteiger partial charge in [-0.1, -0.05) is 29.7 Å². The summed E-state index contributed by atoms with van der Waals surface area (Å²) in [6, 6.07) is 12.4. The molecule has 1 aliphatic heterocycles. The van der Waals surface area contributed by atoms with E-state index in [1.807, 2.05) is 18.3 Å². The van der Waals surface area contributed by atoms with Crippen LogP contribution in [0.1, 0.15) is 10.4 Å². The Hall–Kier alpha value is -2.55. The van der Waals surface area contributed by atoms with Crippen LogP contribution >= 0.6 is 11.9 Å². The first-order valence-electron chi connectivity index (χ1n) is 8.90. The maximum Gasteiger partial charge on any atom is 0.337 e. The molecular formula is C20H18BN3O3S. The van der Waals surface area contributed by atoms with Crippen molar-refractivity contribution in [2.24, 2.45) is 0 Å². The SMILES string of the molecule is [B]c1ccc2ncc(SN3CCOCC3)c(Nc3ccccc3C(=O)O)c2c1. The van der Waals surface area contributed by atoms with E-state index < -0.39 is 5.97 Å². The fourth-order valence-electron chi connectivity index (χ4n) is 3.08. The van der Waals surface area contributed by atoms with Crippen molar-refractivity contribution >= 4 is 53.5 Å². The normalized spacial score (nSPS) is 14.9. The first kappa shape index (κ1) is 18.8. The van der Waals surface area contributed by atoms with Crippen molar-refractivity contribution in [3.8, 4) is 0 Å². The lowest BCUT2D eigenvalue weighted by Crippen LogP contribution is -2.31. The number of morpholine rings is 1. The average Bonchev–Trinajstić information content (AvgIpc) is 2.71. The van der Waals surface area contributed by atoms with E-state index in [4.69, 9.17) is 12.6 Å². The molecule has 2 heterocycles. The van der Waals surface area contributed by atoms with Gasteiger partial charge in [-0.2, -0.15) is 0 Å². The second kappa shape index (κ2) is 8.22. The molecular weight excluding hydrogens is 373 g/mol. The molecule has 3 aromatic rings. The zero-order valence-electron chi connectivity index (χ0n) is 15.1. The lowest BCUT2D eigenvalue weighted by Gasteiger charge is -2.26. The summed E-state index contributed by atoms with van der Waals surface area (Å²) >= 11 is 1.59. The van der Waals surface area contributed by atoms with Crippen molar-refractivity contribution in [1.82, 2.24) is 9.29 Å². The molecule has 0 spiro atoms. The van der Waals surface area contributed by atoms with Crippen molar-refractivity contribution in [2.45, 2.75) is 4.90 Å². The number of hydrogen-bond donors (Lipinski definition) is 2. The van der Waals surface area contributed by atoms with Crippen LogP contribution in [0.2, 0.25) is 0 Å². The number of ether oxygens (including phenoxy) is 1. The number of fused-ring (bicyclic) bond motifs is 1. The van der Waals surface area contributed by atoms with Gasteiger partial charge in [0.05, 0.1) is 40.6 Å². The largest absolute Gasteiger partial charge is 0.478 e. The predicted molar refractivity (Wildman–Crippen MR) is 112 cm³/mol. The first-order valence-corrected chi connectivity index (χ1v) is 9.67. The predicted octanol–water partition coefficient (Wildman–Crippen LogP) is 2.81. The smallest absolute Gasteiger partial charge is 0.337 e. The molecule has 2 N–H and O–H groups in total. The number of hydrogen-bond acceptors (Lipinski definition) is 6. The van der Waals surface area contributed by atoms with Crippen LogP contribution in [0, 0.1) is 0 Å². The Kier molecular flexibility index (Phi) is 5.52. The fourth-order valence-corrected chi connectivity index (χ4v) is 4.04. The summed E-state index contributed by atoms with van der Waals surface area (Å²) < 4.78 is 7.64. The van der Waals surface area contributed by atoms with E-state index in [0.717, 1.165) is 34.6 Å². The van der Waals surface area contributed by atoms with E-state index >= 15 is 0 Å². The number of rotatable bonds is 5. The van der Waals surface area contributed by atoms with Gasteiger partial charge in [0.1, 0.15) is 7.85 Å². The van der Waals surface area contributed by atoms with Crippen LogP contribution in [-0.2, 0) is 4.74 Å². The molecule has 28 heavy (non-hydrogen) atoms. The third-order valence-corrected chi connectivity index (χ3v) is 5.60. The molecule has 6 nitrogen and oxygen atoms in total. The van der Waals surface area contributed by atoms with Gasteiger partial charge in [-0.15, -0.1) is 0 Å². The number of aromatic nitrogens is 1. The minimum Gasteiger partial charge on any atom is -0.478 e. The summed E-state index contributed by atoms with van der Waals surface area (Å²) in [5, 5.41) is 13.7. The van der Waals surface area contributed by atoms with Crippen LogP contribution < -0.4 is 10.8 Å². The minimum absolute atomic E-state index is 0.207. The van der Waals surface area contributed by atoms with Crippen molar-refractivity contribution in [3.63, 3.8) is 0 Å². The second-order valence-electron chi connectivity index (χ2n) is 6.38. The Morgan fingerprint density at radius 2 is 2.00 bits per heavy atom. The Labute approximate surface area is 168 Å². The number of carboxylic acids is 1. The zero-order chi connectivity index (χ0) is 19.5. The van der Waals surface area contributed by atoms with Crippen LogP contribution in [0.25, 0.3) is 10.9 Å². The lowest BCUT2D eigenvalue weighted by atomic mass is 9.94. The molecule has 0 saturated carbocycles. The quantitative estimate of drug-likeness (QED) is 0.512. The van der Waals surface area contributed by atoms with Gasteiger partial charge in [0, 0.05) is 24.7 Å². The maximum absolute atomic E-state index is 11.6. The van der Waals surface area contributed by atoms with Gasteiger partial charge in [0.25, 0.3) is 0 Å². The van der Waals surface area contributed by atoms with Gasteiger partial charge < -0.3 is 15.2 Å². The highest BCUT2D eigenvalue weighted by molar-refractivity contribution is 7.97. The third kappa shape index (κ3) is 3.99. The number of aromatic carboxylic acids is 1. The molecule has 1 aliphatic rings. The number of anilines is 2. The van der Waals surface area contributed by atoms with Crippen LogP contribution in [0.15, 0.2) is 53.6 Å². The number of carboxylic acid groups (broad SMARTS) is 1. The van der Waals surface area contributed by atoms with Crippen LogP contribution in [-0.4, -0.2) is 54.5 Å². The number of benzene rings is 2. The summed E-state index contributed by atoms with van der Waals surface area (Å²) in [5.74, 6) is -0.983. The van der Waals surface area contributed by atoms with Crippen LogP contribution in [0.4, 0.5) is 11.4 Å². The van der Waals surface area contributed by atoms with E-state index in [1.54, 1.807) is 42.3 Å². The number of carbonyl (C=O) groups is 1. The summed E-state index contributed by atoms with van der Waals surface area (Å²) in [6.07, 6.45) is 1.81. The number of nitrogens with one attached hydrogen (secondary N) is 1. The maximum atomic E-state index is 11.6. The van der Waals surface area contributed by atoms with Gasteiger partial charge in [-0.3, -0.25) is 4.98 Å². The fraction of sp³-hybridized carbons (Fsp3) is 0.200. The molecule has 0 aliphatic carbocycles. The van der Waals surface area contributed by atoms with E-state index in [0.29, 0.717) is 24.4 Å². The summed E-state index contributed by atoms with van der Waals surface area (Å²) in [7, 11) is 6.02. The van der Waals surface area contributed by atoms with E-state index in [9.17, 15) is 9.90 Å². The molecule has 0 unspecified atom stereocenters. The molecule has 2 aromatic carbocycles. The summed E-state index contributed by atoms with van der Waals surface area (Å²) in [6.45, 7) is 2.99. The molecule has 140 valence electrons. The number of nitrogens with zero attached hydrogens (tertiary/aromatic N) is 2. The van der Waals surface area contributed by atoms with Gasteiger partial charge in [-0.05, 0) is 30.1 Å². The molecule has 4 rings (SSSR count). The highest BCUT2D eigenvalue weighted by Crippen LogP contribution is 2.37. The van der Waals surface area contributed by atoms with Gasteiger partial charge >= 0.3 is 5.97 Å². The number of para-hydroxylation sites is 1. The molecule has 2 radical (unpaired) electrons. The van der Waals surface area contributed by atoms with E-state index in [-0.39, 0.29) is 5.56 Å². The summed E-state index contributed by atoms with van der Waals surface area (Å²) in [5.41, 5.74) is 2.93. The summed E-state index contributed by atoms with van der Waals surface area (Å²) in [4.78, 5) is 17.1. The van der Waals surface area contributed by atoms with Crippen LogP contribution in [0.3, 0.4) is 0 Å². The highest BCUT2D eigenvalue weighted by Gasteiger charge is 2.18. The van der Waals surface area contributed by atoms with Crippen molar-refractivity contribution in [3.05, 3.63) is 54.2 Å². The molecule has 8 heteroatoms. The lowest BCUT2D eigenvalue weighted by molar-refractivity contribution is 0.0698. The van der Waals surface area contributed by atoms with Gasteiger partial charge in [-0.25, -0.2) is 9.10 Å². The van der Waals surface area contributed by atoms with Crippen molar-refractivity contribution < 1.29 is 14.6 Å². The average molecular weight is 391 g/mol. The van der Waals surface area contributed by atoms with E-state index in [1.165, 1.54) is 0 Å². The molecule has 0 atom stereocenters. The topological polar surface area (TPSA) is 74.7 Å². The van der Waals surface area contributed by atoms with Gasteiger partial charge in [0.2, 0.25) is 0 Å². The molecule has 0 bridgehead atoms. The van der Waals surface area contributed by atoms with Crippen molar-refractivity contribution in [2.75, 3.05) is 31.6 Å². The minimum atomic E-state index is -0.983. The molecule has 1 aromatic heterocycles.